The maximum absolute atomic E-state index is 14.6. The fraction of sp³-hybridized carbons (Fsp3) is 0.263. The first-order valence-corrected chi connectivity index (χ1v) is 10.5. The highest BCUT2D eigenvalue weighted by atomic mass is 35.5. The van der Waals surface area contributed by atoms with Crippen molar-refractivity contribution in [2.24, 2.45) is 0 Å². The van der Waals surface area contributed by atoms with E-state index in [2.05, 4.69) is 5.32 Å². The molecule has 0 radical (unpaired) electrons. The molecule has 0 aliphatic heterocycles. The van der Waals surface area contributed by atoms with Crippen LogP contribution in [0.3, 0.4) is 0 Å². The van der Waals surface area contributed by atoms with Gasteiger partial charge in [0.05, 0.1) is 18.9 Å². The zero-order valence-corrected chi connectivity index (χ0v) is 17.0. The molecule has 1 unspecified atom stereocenters. The van der Waals surface area contributed by atoms with Gasteiger partial charge < -0.3 is 14.4 Å². The third kappa shape index (κ3) is 5.26. The lowest BCUT2D eigenvalue weighted by Crippen LogP contribution is -2.27. The number of halogens is 2. The van der Waals surface area contributed by atoms with Gasteiger partial charge in [-0.15, -0.1) is 0 Å². The van der Waals surface area contributed by atoms with Crippen LogP contribution in [-0.4, -0.2) is 30.8 Å². The number of amides is 1. The first-order valence-electron chi connectivity index (χ1n) is 8.55. The summed E-state index contributed by atoms with van der Waals surface area (Å²) >= 11 is 5.98. The molecule has 0 aromatic heterocycles. The van der Waals surface area contributed by atoms with Crippen LogP contribution in [0.25, 0.3) is 0 Å². The summed E-state index contributed by atoms with van der Waals surface area (Å²) in [4.78, 5) is 25.1. The van der Waals surface area contributed by atoms with Crippen molar-refractivity contribution in [2.75, 3.05) is 18.5 Å². The lowest BCUT2D eigenvalue weighted by Gasteiger charge is -2.20. The minimum absolute atomic E-state index is 0.0328. The summed E-state index contributed by atoms with van der Waals surface area (Å²) in [6.07, 6.45) is 0. The van der Waals surface area contributed by atoms with Crippen LogP contribution >= 0.6 is 19.2 Å². The molecule has 2 rings (SSSR count). The minimum atomic E-state index is -4.30. The Labute approximate surface area is 167 Å². The number of ketones is 1. The fourth-order valence-corrected chi connectivity index (χ4v) is 4.00. The average Bonchev–Trinajstić information content (AvgIpc) is 2.69. The number of alkyl halides is 1. The van der Waals surface area contributed by atoms with E-state index in [4.69, 9.17) is 20.6 Å². The monoisotopic (exact) mass is 427 g/mol. The molecule has 2 aromatic carbocycles. The molecule has 0 saturated carbocycles. The van der Waals surface area contributed by atoms with Gasteiger partial charge >= 0.3 is 7.60 Å². The number of rotatable bonds is 9. The molecule has 1 N–H and O–H groups in total. The topological polar surface area (TPSA) is 81.7 Å². The summed E-state index contributed by atoms with van der Waals surface area (Å²) in [5, 5.41) is 2.55. The first kappa shape index (κ1) is 22.2. The van der Waals surface area contributed by atoms with Crippen molar-refractivity contribution in [3.05, 3.63) is 64.7 Å². The van der Waals surface area contributed by atoms with Gasteiger partial charge in [-0.1, -0.05) is 41.9 Å². The molecule has 0 saturated heterocycles. The lowest BCUT2D eigenvalue weighted by molar-refractivity contribution is -0.118. The molecule has 6 nitrogen and oxygen atoms in total. The SMILES string of the molecule is CCOP(=O)(OCC)C(F)C(=O)Nc1ccc(Cl)cc1C(=O)c1ccccc1. The fourth-order valence-electron chi connectivity index (χ4n) is 2.42. The standard InChI is InChI=1S/C19H20ClFNO5P/c1-3-26-28(25,27-4-2)18(21)19(24)22-16-11-10-14(20)12-15(16)17(23)13-8-6-5-7-9-13/h5-12,18H,3-4H2,1-2H3,(H,22,24). The van der Waals surface area contributed by atoms with Gasteiger partial charge in [0.25, 0.3) is 11.8 Å². The Kier molecular flexibility index (Phi) is 7.89. The minimum Gasteiger partial charge on any atom is -0.322 e. The maximum Gasteiger partial charge on any atom is 0.374 e. The molecule has 0 bridgehead atoms. The number of carbonyl (C=O) groups excluding carboxylic acids is 2. The van der Waals surface area contributed by atoms with Crippen molar-refractivity contribution < 1.29 is 27.6 Å². The molecule has 150 valence electrons. The molecular formula is C19H20ClFNO5P. The Morgan fingerprint density at radius 1 is 1.11 bits per heavy atom. The van der Waals surface area contributed by atoms with Crippen LogP contribution in [0, 0.1) is 0 Å². The number of hydrogen-bond donors (Lipinski definition) is 1. The van der Waals surface area contributed by atoms with Crippen molar-refractivity contribution in [1.82, 2.24) is 0 Å². The van der Waals surface area contributed by atoms with E-state index in [0.29, 0.717) is 5.56 Å². The van der Waals surface area contributed by atoms with Crippen LogP contribution < -0.4 is 5.32 Å². The van der Waals surface area contributed by atoms with Crippen molar-refractivity contribution in [2.45, 2.75) is 19.8 Å². The van der Waals surface area contributed by atoms with E-state index in [-0.39, 0.29) is 29.5 Å². The van der Waals surface area contributed by atoms with Crippen LogP contribution in [0.1, 0.15) is 29.8 Å². The summed E-state index contributed by atoms with van der Waals surface area (Å²) in [7, 11) is -4.30. The molecule has 28 heavy (non-hydrogen) atoms. The molecule has 0 fully saturated rings. The van der Waals surface area contributed by atoms with E-state index in [1.54, 1.807) is 30.3 Å². The van der Waals surface area contributed by atoms with E-state index in [1.807, 2.05) is 0 Å². The average molecular weight is 428 g/mol. The molecule has 1 amide bonds. The van der Waals surface area contributed by atoms with Gasteiger partial charge in [-0.05, 0) is 32.0 Å². The van der Waals surface area contributed by atoms with Crippen molar-refractivity contribution in [3.8, 4) is 0 Å². The molecule has 2 aromatic rings. The van der Waals surface area contributed by atoms with Gasteiger partial charge in [-0.25, -0.2) is 4.39 Å². The van der Waals surface area contributed by atoms with Gasteiger partial charge in [0.15, 0.2) is 5.78 Å². The Morgan fingerprint density at radius 2 is 1.71 bits per heavy atom. The molecule has 0 aliphatic carbocycles. The Bertz CT molecular complexity index is 883. The van der Waals surface area contributed by atoms with Crippen molar-refractivity contribution in [3.63, 3.8) is 0 Å². The van der Waals surface area contributed by atoms with Crippen LogP contribution in [0.4, 0.5) is 10.1 Å². The van der Waals surface area contributed by atoms with E-state index in [9.17, 15) is 18.5 Å². The number of benzene rings is 2. The van der Waals surface area contributed by atoms with E-state index in [1.165, 1.54) is 32.0 Å². The van der Waals surface area contributed by atoms with Gasteiger partial charge in [0.2, 0.25) is 0 Å². The van der Waals surface area contributed by atoms with Crippen LogP contribution in [0.15, 0.2) is 48.5 Å². The maximum atomic E-state index is 14.6. The zero-order chi connectivity index (χ0) is 20.7. The Hall–Kier alpha value is -2.05. The van der Waals surface area contributed by atoms with Gasteiger partial charge in [0.1, 0.15) is 0 Å². The summed E-state index contributed by atoms with van der Waals surface area (Å²) < 4.78 is 36.8. The van der Waals surface area contributed by atoms with Crippen LogP contribution in [-0.2, 0) is 18.4 Å². The largest absolute Gasteiger partial charge is 0.374 e. The highest BCUT2D eigenvalue weighted by Gasteiger charge is 2.42. The molecule has 0 aliphatic rings. The quantitative estimate of drug-likeness (QED) is 0.446. The summed E-state index contributed by atoms with van der Waals surface area (Å²) in [6.45, 7) is 2.82. The Balaban J connectivity index is 2.32. The lowest BCUT2D eigenvalue weighted by atomic mass is 10.0. The predicted molar refractivity (Wildman–Crippen MR) is 106 cm³/mol. The second-order valence-corrected chi connectivity index (χ2v) is 8.07. The van der Waals surface area contributed by atoms with Crippen LogP contribution in [0.5, 0.6) is 0 Å². The number of nitrogens with one attached hydrogen (secondary N) is 1. The smallest absolute Gasteiger partial charge is 0.322 e. The summed E-state index contributed by atoms with van der Waals surface area (Å²) in [6, 6.07) is 12.5. The van der Waals surface area contributed by atoms with Gasteiger partial charge in [-0.3, -0.25) is 14.2 Å². The van der Waals surface area contributed by atoms with Gasteiger partial charge in [0, 0.05) is 16.1 Å². The predicted octanol–water partition coefficient (Wildman–Crippen LogP) is 5.07. The van der Waals surface area contributed by atoms with E-state index < -0.39 is 25.2 Å². The number of carbonyl (C=O) groups is 2. The normalized spacial score (nSPS) is 12.4. The molecule has 1 atom stereocenters. The highest BCUT2D eigenvalue weighted by molar-refractivity contribution is 7.55. The molecule has 0 spiro atoms. The summed E-state index contributed by atoms with van der Waals surface area (Å²) in [5.41, 5.74) is 0.471. The van der Waals surface area contributed by atoms with E-state index >= 15 is 0 Å². The number of anilines is 1. The number of hydrogen-bond acceptors (Lipinski definition) is 5. The Morgan fingerprint density at radius 3 is 2.29 bits per heavy atom. The van der Waals surface area contributed by atoms with Crippen molar-refractivity contribution >= 4 is 36.6 Å². The zero-order valence-electron chi connectivity index (χ0n) is 15.4. The first-order chi connectivity index (χ1) is 13.3. The van der Waals surface area contributed by atoms with E-state index in [0.717, 1.165) is 0 Å². The van der Waals surface area contributed by atoms with Crippen LogP contribution in [0.2, 0.25) is 5.02 Å². The molecule has 9 heteroatoms. The highest BCUT2D eigenvalue weighted by Crippen LogP contribution is 2.54. The molecule has 0 heterocycles. The second-order valence-electron chi connectivity index (χ2n) is 5.59. The van der Waals surface area contributed by atoms with Crippen molar-refractivity contribution in [1.29, 1.82) is 0 Å². The van der Waals surface area contributed by atoms with Gasteiger partial charge in [-0.2, -0.15) is 0 Å². The second kappa shape index (κ2) is 9.94. The third-order valence-electron chi connectivity index (χ3n) is 3.63. The third-order valence-corrected chi connectivity index (χ3v) is 5.89. The molecular weight excluding hydrogens is 408 g/mol. The summed E-state index contributed by atoms with van der Waals surface area (Å²) in [5.74, 6) is -4.20.